The normalized spacial score (nSPS) is 11.8. The Kier molecular flexibility index (Phi) is 8.45. The standard InChI is InChI=1S/C24H31N3O4S2/c1-5-18-8-6-9-21-23(18)25-24(32-21)27(16-15-26(2)3)22(28)10-7-17-33(29,30)20-13-11-19(31-4)12-14-20/h6,8-9,11-14H,5,7,10,15-17H2,1-4H3. The quantitative estimate of drug-likeness (QED) is 0.405. The van der Waals surface area contributed by atoms with Crippen molar-refractivity contribution in [3.05, 3.63) is 48.0 Å². The predicted octanol–water partition coefficient (Wildman–Crippen LogP) is 4.02. The number of thiazole rings is 1. The van der Waals surface area contributed by atoms with Crippen LogP contribution in [0.5, 0.6) is 5.75 Å². The van der Waals surface area contributed by atoms with Crippen molar-refractivity contribution in [2.45, 2.75) is 31.1 Å². The first-order valence-corrected chi connectivity index (χ1v) is 13.4. The van der Waals surface area contributed by atoms with E-state index in [4.69, 9.17) is 9.72 Å². The molecule has 0 spiro atoms. The largest absolute Gasteiger partial charge is 0.497 e. The van der Waals surface area contributed by atoms with E-state index in [1.807, 2.05) is 31.1 Å². The molecule has 3 rings (SSSR count). The zero-order valence-electron chi connectivity index (χ0n) is 19.6. The minimum atomic E-state index is -3.47. The molecule has 0 bridgehead atoms. The van der Waals surface area contributed by atoms with Crippen molar-refractivity contribution in [1.82, 2.24) is 9.88 Å². The van der Waals surface area contributed by atoms with Gasteiger partial charge in [-0.25, -0.2) is 13.4 Å². The molecular weight excluding hydrogens is 458 g/mol. The van der Waals surface area contributed by atoms with E-state index in [1.54, 1.807) is 17.0 Å². The smallest absolute Gasteiger partial charge is 0.228 e. The van der Waals surface area contributed by atoms with Crippen molar-refractivity contribution < 1.29 is 17.9 Å². The number of rotatable bonds is 11. The van der Waals surface area contributed by atoms with Crippen molar-refractivity contribution in [1.29, 1.82) is 0 Å². The topological polar surface area (TPSA) is 79.8 Å². The Morgan fingerprint density at radius 1 is 1.09 bits per heavy atom. The van der Waals surface area contributed by atoms with Crippen LogP contribution in [0.15, 0.2) is 47.4 Å². The number of carbonyl (C=O) groups is 1. The summed E-state index contributed by atoms with van der Waals surface area (Å²) in [7, 11) is 1.97. The highest BCUT2D eigenvalue weighted by atomic mass is 32.2. The number of amides is 1. The number of hydrogen-bond acceptors (Lipinski definition) is 7. The minimum Gasteiger partial charge on any atom is -0.497 e. The van der Waals surface area contributed by atoms with Gasteiger partial charge in [-0.05, 0) is 62.8 Å². The molecule has 3 aromatic rings. The first kappa shape index (κ1) is 25.1. The highest BCUT2D eigenvalue weighted by Gasteiger charge is 2.22. The molecule has 2 aromatic carbocycles. The summed E-state index contributed by atoms with van der Waals surface area (Å²) in [4.78, 5) is 21.9. The molecule has 0 aliphatic rings. The van der Waals surface area contributed by atoms with Crippen LogP contribution >= 0.6 is 11.3 Å². The van der Waals surface area contributed by atoms with Gasteiger partial charge in [-0.2, -0.15) is 0 Å². The molecule has 0 atom stereocenters. The van der Waals surface area contributed by atoms with E-state index in [0.29, 0.717) is 24.0 Å². The van der Waals surface area contributed by atoms with Crippen molar-refractivity contribution in [3.8, 4) is 5.75 Å². The molecule has 1 amide bonds. The average Bonchev–Trinajstić information content (AvgIpc) is 3.23. The van der Waals surface area contributed by atoms with E-state index in [0.717, 1.165) is 22.2 Å². The third-order valence-corrected chi connectivity index (χ3v) is 8.26. The van der Waals surface area contributed by atoms with Crippen LogP contribution in [0, 0.1) is 0 Å². The average molecular weight is 490 g/mol. The predicted molar refractivity (Wildman–Crippen MR) is 134 cm³/mol. The van der Waals surface area contributed by atoms with Crippen LogP contribution in [-0.2, 0) is 21.1 Å². The molecule has 0 saturated carbocycles. The lowest BCUT2D eigenvalue weighted by atomic mass is 10.1. The lowest BCUT2D eigenvalue weighted by molar-refractivity contribution is -0.118. The summed E-state index contributed by atoms with van der Waals surface area (Å²) in [5.74, 6) is 0.397. The van der Waals surface area contributed by atoms with Gasteiger partial charge in [0.1, 0.15) is 5.75 Å². The van der Waals surface area contributed by atoms with Gasteiger partial charge in [0, 0.05) is 19.5 Å². The maximum atomic E-state index is 13.2. The van der Waals surface area contributed by atoms with Crippen molar-refractivity contribution in [3.63, 3.8) is 0 Å². The maximum absolute atomic E-state index is 13.2. The lowest BCUT2D eigenvalue weighted by Gasteiger charge is -2.22. The Bertz CT molecular complexity index is 1190. The van der Waals surface area contributed by atoms with E-state index >= 15 is 0 Å². The summed E-state index contributed by atoms with van der Waals surface area (Å²) in [5, 5.41) is 0.663. The summed E-state index contributed by atoms with van der Waals surface area (Å²) in [6, 6.07) is 12.4. The molecule has 0 saturated heterocycles. The number of anilines is 1. The molecular formula is C24H31N3O4S2. The second-order valence-corrected chi connectivity index (χ2v) is 11.2. The van der Waals surface area contributed by atoms with Gasteiger partial charge < -0.3 is 9.64 Å². The Balaban J connectivity index is 1.73. The van der Waals surface area contributed by atoms with Crippen molar-refractivity contribution in [2.24, 2.45) is 0 Å². The number of hydrogen-bond donors (Lipinski definition) is 0. The number of carbonyl (C=O) groups excluding carboxylic acids is 1. The van der Waals surface area contributed by atoms with Gasteiger partial charge in [0.15, 0.2) is 15.0 Å². The van der Waals surface area contributed by atoms with Crippen LogP contribution < -0.4 is 9.64 Å². The summed E-state index contributed by atoms with van der Waals surface area (Å²) >= 11 is 1.50. The van der Waals surface area contributed by atoms with Gasteiger partial charge in [0.25, 0.3) is 0 Å². The molecule has 0 fully saturated rings. The number of ether oxygens (including phenoxy) is 1. The lowest BCUT2D eigenvalue weighted by Crippen LogP contribution is -2.36. The molecule has 7 nitrogen and oxygen atoms in total. The summed E-state index contributed by atoms with van der Waals surface area (Å²) in [6.07, 6.45) is 1.26. The number of likely N-dealkylation sites (N-methyl/N-ethyl adjacent to an activating group) is 1. The first-order chi connectivity index (χ1) is 15.7. The maximum Gasteiger partial charge on any atom is 0.228 e. The Morgan fingerprint density at radius 2 is 1.82 bits per heavy atom. The monoisotopic (exact) mass is 489 g/mol. The number of nitrogens with zero attached hydrogens (tertiary/aromatic N) is 3. The van der Waals surface area contributed by atoms with Crippen molar-refractivity contribution >= 4 is 42.4 Å². The van der Waals surface area contributed by atoms with Gasteiger partial charge in [0.2, 0.25) is 5.91 Å². The molecule has 1 aromatic heterocycles. The fourth-order valence-corrected chi connectivity index (χ4v) is 5.84. The molecule has 9 heteroatoms. The van der Waals surface area contributed by atoms with E-state index in [2.05, 4.69) is 13.0 Å². The molecule has 1 heterocycles. The fourth-order valence-electron chi connectivity index (χ4n) is 3.47. The zero-order valence-corrected chi connectivity index (χ0v) is 21.2. The van der Waals surface area contributed by atoms with Gasteiger partial charge in [0.05, 0.1) is 28.0 Å². The number of fused-ring (bicyclic) bond motifs is 1. The SMILES string of the molecule is CCc1cccc2sc(N(CCN(C)C)C(=O)CCCS(=O)(=O)c3ccc(OC)cc3)nc12. The zero-order chi connectivity index (χ0) is 24.0. The molecule has 0 aliphatic carbocycles. The molecule has 178 valence electrons. The van der Waals surface area contributed by atoms with Crippen LogP contribution in [0.4, 0.5) is 5.13 Å². The second-order valence-electron chi connectivity index (χ2n) is 8.06. The number of sulfone groups is 1. The van der Waals surface area contributed by atoms with Gasteiger partial charge >= 0.3 is 0 Å². The fraction of sp³-hybridized carbons (Fsp3) is 0.417. The highest BCUT2D eigenvalue weighted by Crippen LogP contribution is 2.31. The van der Waals surface area contributed by atoms with E-state index < -0.39 is 9.84 Å². The van der Waals surface area contributed by atoms with Gasteiger partial charge in [-0.15, -0.1) is 0 Å². The highest BCUT2D eigenvalue weighted by molar-refractivity contribution is 7.91. The number of aromatic nitrogens is 1. The van der Waals surface area contributed by atoms with Gasteiger partial charge in [-0.1, -0.05) is 30.4 Å². The molecule has 0 aliphatic heterocycles. The summed E-state index contributed by atoms with van der Waals surface area (Å²) < 4.78 is 31.5. The first-order valence-electron chi connectivity index (χ1n) is 11.0. The third kappa shape index (κ3) is 6.31. The van der Waals surface area contributed by atoms with E-state index in [-0.39, 0.29) is 29.4 Å². The summed E-state index contributed by atoms with van der Waals surface area (Å²) in [6.45, 7) is 3.27. The second kappa shape index (κ2) is 11.1. The number of para-hydroxylation sites is 1. The summed E-state index contributed by atoms with van der Waals surface area (Å²) in [5.41, 5.74) is 2.09. The van der Waals surface area contributed by atoms with Crippen LogP contribution in [0.2, 0.25) is 0 Å². The number of aryl methyl sites for hydroxylation is 1. The van der Waals surface area contributed by atoms with Crippen LogP contribution in [0.3, 0.4) is 0 Å². The number of methoxy groups -OCH3 is 1. The van der Waals surface area contributed by atoms with Crippen LogP contribution in [0.1, 0.15) is 25.3 Å². The van der Waals surface area contributed by atoms with E-state index in [9.17, 15) is 13.2 Å². The Hall–Kier alpha value is -2.49. The van der Waals surface area contributed by atoms with Crippen LogP contribution in [0.25, 0.3) is 10.2 Å². The van der Waals surface area contributed by atoms with Crippen LogP contribution in [-0.4, -0.2) is 64.3 Å². The molecule has 33 heavy (non-hydrogen) atoms. The minimum absolute atomic E-state index is 0.0909. The third-order valence-electron chi connectivity index (χ3n) is 5.40. The molecule has 0 N–H and O–H groups in total. The van der Waals surface area contributed by atoms with Crippen molar-refractivity contribution in [2.75, 3.05) is 44.9 Å². The van der Waals surface area contributed by atoms with Gasteiger partial charge in [-0.3, -0.25) is 9.69 Å². The van der Waals surface area contributed by atoms with E-state index in [1.165, 1.54) is 30.6 Å². The molecule has 0 unspecified atom stereocenters. The molecule has 0 radical (unpaired) electrons. The number of benzene rings is 2. The Morgan fingerprint density at radius 3 is 2.45 bits per heavy atom. The Labute approximate surface area is 199 Å².